The van der Waals surface area contributed by atoms with Gasteiger partial charge in [-0.05, 0) is 85.5 Å². The van der Waals surface area contributed by atoms with Crippen LogP contribution in [0.15, 0.2) is 85.1 Å². The van der Waals surface area contributed by atoms with E-state index < -0.39 is 23.6 Å². The van der Waals surface area contributed by atoms with Crippen molar-refractivity contribution in [3.63, 3.8) is 0 Å². The average molecular weight is 765 g/mol. The molecule has 14 heteroatoms. The molecule has 2 N–H and O–H groups in total. The van der Waals surface area contributed by atoms with E-state index in [-0.39, 0.29) is 30.4 Å². The number of aromatic nitrogens is 1. The van der Waals surface area contributed by atoms with Gasteiger partial charge in [-0.2, -0.15) is 13.2 Å². The number of ether oxygens (including phenoxy) is 1. The molecular weight excluding hydrogens is 721 g/mol. The van der Waals surface area contributed by atoms with E-state index in [1.165, 1.54) is 24.4 Å². The number of halogens is 4. The van der Waals surface area contributed by atoms with Gasteiger partial charge in [0.2, 0.25) is 0 Å². The topological polar surface area (TPSA) is 107 Å². The Morgan fingerprint density at radius 1 is 0.833 bits per heavy atom. The molecule has 286 valence electrons. The van der Waals surface area contributed by atoms with Gasteiger partial charge in [-0.1, -0.05) is 18.2 Å². The van der Waals surface area contributed by atoms with E-state index in [4.69, 9.17) is 4.74 Å². The zero-order valence-corrected chi connectivity index (χ0v) is 30.8. The zero-order valence-electron chi connectivity index (χ0n) is 30.0. The van der Waals surface area contributed by atoms with Gasteiger partial charge in [0, 0.05) is 87.0 Å². The molecule has 2 saturated heterocycles. The van der Waals surface area contributed by atoms with Crippen molar-refractivity contribution in [3.8, 4) is 11.3 Å². The molecule has 0 saturated carbocycles. The highest BCUT2D eigenvalue weighted by Crippen LogP contribution is 2.33. The van der Waals surface area contributed by atoms with E-state index in [1.807, 2.05) is 18.2 Å². The number of pyridine rings is 1. The second kappa shape index (κ2) is 18.4. The fourth-order valence-corrected chi connectivity index (χ4v) is 6.49. The normalized spacial score (nSPS) is 14.9. The second-order valence-corrected chi connectivity index (χ2v) is 13.3. The number of alkyl halides is 3. The molecule has 0 aliphatic carbocycles. The second-order valence-electron chi connectivity index (χ2n) is 13.3. The lowest BCUT2D eigenvalue weighted by molar-refractivity contribution is -0.137. The van der Waals surface area contributed by atoms with Crippen molar-refractivity contribution < 1.29 is 32.3 Å². The van der Waals surface area contributed by atoms with Crippen LogP contribution < -0.4 is 15.5 Å². The third-order valence-electron chi connectivity index (χ3n) is 9.55. The first-order valence-electron chi connectivity index (χ1n) is 17.8. The molecule has 0 bridgehead atoms. The van der Waals surface area contributed by atoms with E-state index in [0.717, 1.165) is 69.8 Å². The van der Waals surface area contributed by atoms with Gasteiger partial charge >= 0.3 is 6.18 Å². The lowest BCUT2D eigenvalue weighted by Crippen LogP contribution is -2.41. The van der Waals surface area contributed by atoms with Crippen LogP contribution in [0, 0.1) is 0 Å². The van der Waals surface area contributed by atoms with Gasteiger partial charge < -0.3 is 25.2 Å². The molecule has 3 amide bonds. The number of anilines is 2. The molecule has 3 heterocycles. The number of nitrogens with zero attached hydrogens (tertiary/aromatic N) is 4. The summed E-state index contributed by atoms with van der Waals surface area (Å²) >= 11 is 0. The number of rotatable bonds is 11. The number of morpholine rings is 1. The van der Waals surface area contributed by atoms with Crippen LogP contribution in [0.5, 0.6) is 0 Å². The van der Waals surface area contributed by atoms with Crippen LogP contribution in [0.3, 0.4) is 0 Å². The lowest BCUT2D eigenvalue weighted by atomic mass is 10.0. The van der Waals surface area contributed by atoms with Crippen molar-refractivity contribution in [2.24, 2.45) is 0 Å². The number of carbonyl (C=O) groups is 3. The Morgan fingerprint density at radius 3 is 2.31 bits per heavy atom. The molecule has 6 rings (SSSR count). The molecule has 0 unspecified atom stereocenters. The quantitative estimate of drug-likeness (QED) is 0.174. The summed E-state index contributed by atoms with van der Waals surface area (Å²) in [6.07, 6.45) is 0.270. The summed E-state index contributed by atoms with van der Waals surface area (Å²) in [5.74, 6) is -1.09. The summed E-state index contributed by atoms with van der Waals surface area (Å²) in [6, 6.07) is 20.2. The minimum atomic E-state index is -4.49. The third-order valence-corrected chi connectivity index (χ3v) is 9.55. The van der Waals surface area contributed by atoms with Crippen molar-refractivity contribution in [2.45, 2.75) is 32.0 Å². The highest BCUT2D eigenvalue weighted by molar-refractivity contribution is 6.08. The predicted octanol–water partition coefficient (Wildman–Crippen LogP) is 6.77. The number of hydrogen-bond acceptors (Lipinski definition) is 7. The summed E-state index contributed by atoms with van der Waals surface area (Å²) < 4.78 is 45.0. The highest BCUT2D eigenvalue weighted by atomic mass is 35.5. The Morgan fingerprint density at radius 2 is 1.56 bits per heavy atom. The number of carbonyl (C=O) groups excluding carboxylic acids is 3. The minimum absolute atomic E-state index is 0. The van der Waals surface area contributed by atoms with Crippen LogP contribution in [0.25, 0.3) is 11.3 Å². The third kappa shape index (κ3) is 10.4. The summed E-state index contributed by atoms with van der Waals surface area (Å²) in [5, 5.41) is 5.70. The smallest absolute Gasteiger partial charge is 0.379 e. The number of likely N-dealkylation sites (N-methyl/N-ethyl adjacent to an activating group) is 1. The predicted molar refractivity (Wildman–Crippen MR) is 204 cm³/mol. The van der Waals surface area contributed by atoms with E-state index >= 15 is 0 Å². The van der Waals surface area contributed by atoms with Gasteiger partial charge in [0.05, 0.1) is 30.2 Å². The lowest BCUT2D eigenvalue weighted by Gasteiger charge is -2.29. The fraction of sp³-hybridized carbons (Fsp3) is 0.350. The molecule has 2 aliphatic heterocycles. The van der Waals surface area contributed by atoms with Crippen molar-refractivity contribution >= 4 is 41.5 Å². The number of hydrogen-bond donors (Lipinski definition) is 2. The fourth-order valence-electron chi connectivity index (χ4n) is 6.49. The maximum absolute atomic E-state index is 13.7. The Kier molecular flexibility index (Phi) is 13.7. The standard InChI is InChI=1S/C40H43F3N6O4.ClH/c1-47(17-18-48-19-21-53-22-20-48)39(52)31-9-6-8-29(24-31)38(51)46-35-12-11-33(49-15-3-2-4-16-49)26-34(35)36-25-30(13-14-44-36)37(50)45-27-28-7-5-10-32(23-28)40(41,42)43;/h5-14,23-26H,2-4,15-22,27H2,1H3,(H,45,50)(H,46,51);1H. The monoisotopic (exact) mass is 764 g/mol. The first kappa shape index (κ1) is 40.2. The highest BCUT2D eigenvalue weighted by Gasteiger charge is 2.30. The maximum atomic E-state index is 13.7. The van der Waals surface area contributed by atoms with Crippen molar-refractivity contribution in [2.75, 3.05) is 69.7 Å². The molecule has 2 aliphatic rings. The van der Waals surface area contributed by atoms with Crippen LogP contribution in [-0.4, -0.2) is 92.0 Å². The molecule has 2 fully saturated rings. The molecule has 0 radical (unpaired) electrons. The van der Waals surface area contributed by atoms with Crippen LogP contribution >= 0.6 is 12.4 Å². The molecule has 54 heavy (non-hydrogen) atoms. The van der Waals surface area contributed by atoms with Gasteiger partial charge in [-0.15, -0.1) is 12.4 Å². The van der Waals surface area contributed by atoms with Gasteiger partial charge in [0.1, 0.15) is 0 Å². The number of amides is 3. The maximum Gasteiger partial charge on any atom is 0.416 e. The van der Waals surface area contributed by atoms with Gasteiger partial charge in [0.25, 0.3) is 17.7 Å². The van der Waals surface area contributed by atoms with E-state index in [0.29, 0.717) is 53.4 Å². The first-order valence-corrected chi connectivity index (χ1v) is 17.8. The summed E-state index contributed by atoms with van der Waals surface area (Å²) in [5.41, 5.74) is 2.91. The molecule has 1 aromatic heterocycles. The molecule has 0 atom stereocenters. The Bertz CT molecular complexity index is 1930. The van der Waals surface area contributed by atoms with Crippen LogP contribution in [0.1, 0.15) is 61.5 Å². The molecule has 10 nitrogen and oxygen atoms in total. The average Bonchev–Trinajstić information content (AvgIpc) is 3.19. The molecule has 4 aromatic rings. The zero-order chi connectivity index (χ0) is 37.4. The number of piperidine rings is 1. The van der Waals surface area contributed by atoms with Crippen molar-refractivity contribution in [1.29, 1.82) is 0 Å². The van der Waals surface area contributed by atoms with E-state index in [1.54, 1.807) is 42.3 Å². The first-order chi connectivity index (χ1) is 25.5. The minimum Gasteiger partial charge on any atom is -0.379 e. The van der Waals surface area contributed by atoms with E-state index in [9.17, 15) is 27.6 Å². The number of nitrogens with one attached hydrogen (secondary N) is 2. The van der Waals surface area contributed by atoms with Crippen LogP contribution in [-0.2, 0) is 17.5 Å². The van der Waals surface area contributed by atoms with Crippen molar-refractivity contribution in [1.82, 2.24) is 20.1 Å². The summed E-state index contributed by atoms with van der Waals surface area (Å²) in [6.45, 7) is 5.96. The SMILES string of the molecule is CN(CCN1CCOCC1)C(=O)c1cccc(C(=O)Nc2ccc(N3CCCCC3)cc2-c2cc(C(=O)NCc3cccc(C(F)(F)F)c3)ccn2)c1.Cl. The summed E-state index contributed by atoms with van der Waals surface area (Å²) in [7, 11) is 1.75. The van der Waals surface area contributed by atoms with Crippen LogP contribution in [0.4, 0.5) is 24.5 Å². The van der Waals surface area contributed by atoms with Gasteiger partial charge in [-0.25, -0.2) is 0 Å². The van der Waals surface area contributed by atoms with E-state index in [2.05, 4.69) is 25.4 Å². The Labute approximate surface area is 319 Å². The molecular formula is C40H44ClF3N6O4. The Balaban J connectivity index is 0.00000561. The Hall–Kier alpha value is -4.98. The van der Waals surface area contributed by atoms with Crippen LogP contribution in [0.2, 0.25) is 0 Å². The molecule has 3 aromatic carbocycles. The largest absolute Gasteiger partial charge is 0.416 e. The van der Waals surface area contributed by atoms with Gasteiger partial charge in [0.15, 0.2) is 0 Å². The molecule has 0 spiro atoms. The number of benzene rings is 3. The summed E-state index contributed by atoms with van der Waals surface area (Å²) in [4.78, 5) is 51.0. The van der Waals surface area contributed by atoms with Gasteiger partial charge in [-0.3, -0.25) is 24.3 Å². The van der Waals surface area contributed by atoms with Crippen molar-refractivity contribution in [3.05, 3.63) is 113 Å².